The summed E-state index contributed by atoms with van der Waals surface area (Å²) in [5, 5.41) is -0.332. The van der Waals surface area contributed by atoms with Gasteiger partial charge in [-0.05, 0) is 19.1 Å². The van der Waals surface area contributed by atoms with Gasteiger partial charge >= 0.3 is 0 Å². The minimum Gasteiger partial charge on any atom is -0.445 e. The number of aromatic nitrogens is 1. The summed E-state index contributed by atoms with van der Waals surface area (Å²) in [6.45, 7) is 1.28. The Hall–Kier alpha value is -1.71. The standard InChI is InChI=1S/C12H13NO6S2/c1-9-3-5-10(6-4-9)21(16,17)19-7-11-12(13-8-18-11)20(2,14)15/h3-6,8H,7H2,1-2H3. The van der Waals surface area contributed by atoms with Gasteiger partial charge in [0.2, 0.25) is 0 Å². The summed E-state index contributed by atoms with van der Waals surface area (Å²) in [5.74, 6) is -0.159. The lowest BCUT2D eigenvalue weighted by Crippen LogP contribution is -2.08. The van der Waals surface area contributed by atoms with E-state index < -0.39 is 26.6 Å². The van der Waals surface area contributed by atoms with E-state index in [1.807, 2.05) is 6.92 Å². The zero-order valence-electron chi connectivity index (χ0n) is 11.3. The number of aryl methyl sites for hydroxylation is 1. The molecule has 0 amide bonds. The van der Waals surface area contributed by atoms with Crippen LogP contribution in [-0.2, 0) is 30.7 Å². The van der Waals surface area contributed by atoms with Crippen molar-refractivity contribution in [1.82, 2.24) is 4.98 Å². The Bertz CT molecular complexity index is 834. The fraction of sp³-hybridized carbons (Fsp3) is 0.250. The van der Waals surface area contributed by atoms with Crippen molar-refractivity contribution in [2.75, 3.05) is 6.26 Å². The molecule has 0 bridgehead atoms. The zero-order valence-corrected chi connectivity index (χ0v) is 12.9. The highest BCUT2D eigenvalue weighted by atomic mass is 32.2. The minimum absolute atomic E-state index is 0.0199. The number of rotatable bonds is 5. The molecule has 0 aliphatic carbocycles. The molecule has 0 saturated heterocycles. The molecule has 0 unspecified atom stereocenters. The Labute approximate surface area is 122 Å². The van der Waals surface area contributed by atoms with Crippen LogP contribution in [0.1, 0.15) is 11.3 Å². The molecule has 1 aromatic carbocycles. The molecule has 0 N–H and O–H groups in total. The lowest BCUT2D eigenvalue weighted by Gasteiger charge is -2.05. The van der Waals surface area contributed by atoms with E-state index in [0.717, 1.165) is 18.2 Å². The number of hydrogen-bond donors (Lipinski definition) is 0. The third-order valence-corrected chi connectivity index (χ3v) is 4.92. The average Bonchev–Trinajstić information content (AvgIpc) is 2.85. The number of hydrogen-bond acceptors (Lipinski definition) is 7. The highest BCUT2D eigenvalue weighted by Crippen LogP contribution is 2.19. The van der Waals surface area contributed by atoms with Crippen LogP contribution in [0.3, 0.4) is 0 Å². The van der Waals surface area contributed by atoms with Gasteiger partial charge in [0, 0.05) is 6.26 Å². The smallest absolute Gasteiger partial charge is 0.297 e. The Morgan fingerprint density at radius 2 is 1.76 bits per heavy atom. The fourth-order valence-electron chi connectivity index (χ4n) is 1.56. The molecule has 1 aromatic heterocycles. The lowest BCUT2D eigenvalue weighted by atomic mass is 10.2. The fourth-order valence-corrected chi connectivity index (χ4v) is 3.19. The second kappa shape index (κ2) is 5.58. The van der Waals surface area contributed by atoms with E-state index in [2.05, 4.69) is 4.98 Å². The van der Waals surface area contributed by atoms with Gasteiger partial charge in [0.05, 0.1) is 4.90 Å². The van der Waals surface area contributed by atoms with Crippen LogP contribution in [0.25, 0.3) is 0 Å². The maximum Gasteiger partial charge on any atom is 0.297 e. The quantitative estimate of drug-likeness (QED) is 0.760. The van der Waals surface area contributed by atoms with Gasteiger partial charge in [0.15, 0.2) is 27.0 Å². The van der Waals surface area contributed by atoms with Crippen molar-refractivity contribution in [2.45, 2.75) is 23.5 Å². The third kappa shape index (κ3) is 3.69. The van der Waals surface area contributed by atoms with Gasteiger partial charge in [-0.2, -0.15) is 8.42 Å². The molecule has 21 heavy (non-hydrogen) atoms. The van der Waals surface area contributed by atoms with Crippen LogP contribution in [0.15, 0.2) is 45.0 Å². The van der Waals surface area contributed by atoms with Crippen molar-refractivity contribution in [3.8, 4) is 0 Å². The monoisotopic (exact) mass is 331 g/mol. The normalized spacial score (nSPS) is 12.5. The maximum absolute atomic E-state index is 12.0. The van der Waals surface area contributed by atoms with Gasteiger partial charge in [-0.15, -0.1) is 0 Å². The molecule has 0 saturated carbocycles. The first kappa shape index (κ1) is 15.7. The molecule has 0 atom stereocenters. The molecule has 2 aromatic rings. The number of oxazole rings is 1. The Morgan fingerprint density at radius 1 is 1.14 bits per heavy atom. The highest BCUT2D eigenvalue weighted by Gasteiger charge is 2.22. The molecule has 9 heteroatoms. The van der Waals surface area contributed by atoms with Crippen LogP contribution < -0.4 is 0 Å². The Balaban J connectivity index is 2.20. The predicted octanol–water partition coefficient (Wildman–Crippen LogP) is 1.29. The molecule has 0 fully saturated rings. The average molecular weight is 331 g/mol. The summed E-state index contributed by atoms with van der Waals surface area (Å²) < 4.78 is 56.4. The summed E-state index contributed by atoms with van der Waals surface area (Å²) >= 11 is 0. The van der Waals surface area contributed by atoms with E-state index >= 15 is 0 Å². The van der Waals surface area contributed by atoms with Crippen molar-refractivity contribution < 1.29 is 25.4 Å². The van der Waals surface area contributed by atoms with E-state index in [4.69, 9.17) is 8.60 Å². The molecule has 7 nitrogen and oxygen atoms in total. The molecular weight excluding hydrogens is 318 g/mol. The molecule has 2 rings (SSSR count). The molecule has 0 aliphatic heterocycles. The molecular formula is C12H13NO6S2. The van der Waals surface area contributed by atoms with Gasteiger partial charge in [-0.25, -0.2) is 13.4 Å². The van der Waals surface area contributed by atoms with Crippen molar-refractivity contribution in [1.29, 1.82) is 0 Å². The first-order valence-corrected chi connectivity index (χ1v) is 9.08. The van der Waals surface area contributed by atoms with Crippen LogP contribution in [0.4, 0.5) is 0 Å². The summed E-state index contributed by atoms with van der Waals surface area (Å²) in [4.78, 5) is 3.52. The van der Waals surface area contributed by atoms with Gasteiger partial charge in [0.25, 0.3) is 10.1 Å². The summed E-state index contributed by atoms with van der Waals surface area (Å²) in [6, 6.07) is 6.07. The molecule has 0 radical (unpaired) electrons. The summed E-state index contributed by atoms with van der Waals surface area (Å²) in [5.41, 5.74) is 0.906. The van der Waals surface area contributed by atoms with E-state index in [0.29, 0.717) is 0 Å². The topological polar surface area (TPSA) is 104 Å². The minimum atomic E-state index is -4.00. The van der Waals surface area contributed by atoms with Crippen molar-refractivity contribution >= 4 is 20.0 Å². The van der Waals surface area contributed by atoms with Crippen LogP contribution in [0.5, 0.6) is 0 Å². The summed E-state index contributed by atoms with van der Waals surface area (Å²) in [6.07, 6.45) is 1.87. The molecule has 0 spiro atoms. The number of benzene rings is 1. The predicted molar refractivity (Wildman–Crippen MR) is 72.8 cm³/mol. The lowest BCUT2D eigenvalue weighted by molar-refractivity contribution is 0.269. The van der Waals surface area contributed by atoms with Crippen molar-refractivity contribution in [2.24, 2.45) is 0 Å². The van der Waals surface area contributed by atoms with Crippen LogP contribution in [-0.4, -0.2) is 28.1 Å². The van der Waals surface area contributed by atoms with E-state index in [1.165, 1.54) is 12.1 Å². The van der Waals surface area contributed by atoms with E-state index in [1.54, 1.807) is 12.1 Å². The van der Waals surface area contributed by atoms with E-state index in [-0.39, 0.29) is 15.7 Å². The second-order valence-corrected chi connectivity index (χ2v) is 7.93. The molecule has 0 aliphatic rings. The zero-order chi connectivity index (χ0) is 15.7. The highest BCUT2D eigenvalue weighted by molar-refractivity contribution is 7.90. The van der Waals surface area contributed by atoms with Gasteiger partial charge in [0.1, 0.15) is 6.61 Å². The van der Waals surface area contributed by atoms with Gasteiger partial charge < -0.3 is 4.42 Å². The first-order chi connectivity index (χ1) is 9.70. The largest absolute Gasteiger partial charge is 0.445 e. The second-order valence-electron chi connectivity index (χ2n) is 4.38. The van der Waals surface area contributed by atoms with E-state index in [9.17, 15) is 16.8 Å². The van der Waals surface area contributed by atoms with Crippen LogP contribution in [0.2, 0.25) is 0 Å². The third-order valence-electron chi connectivity index (χ3n) is 2.61. The number of sulfone groups is 1. The van der Waals surface area contributed by atoms with Gasteiger partial charge in [-0.3, -0.25) is 4.18 Å². The number of nitrogens with zero attached hydrogens (tertiary/aromatic N) is 1. The van der Waals surface area contributed by atoms with Crippen LogP contribution >= 0.6 is 0 Å². The molecule has 1 heterocycles. The Kier molecular flexibility index (Phi) is 4.17. The summed E-state index contributed by atoms with van der Waals surface area (Å²) in [7, 11) is -7.61. The first-order valence-electron chi connectivity index (χ1n) is 5.79. The Morgan fingerprint density at radius 3 is 2.33 bits per heavy atom. The van der Waals surface area contributed by atoms with Gasteiger partial charge in [-0.1, -0.05) is 17.7 Å². The SMILES string of the molecule is Cc1ccc(S(=O)(=O)OCc2ocnc2S(C)(=O)=O)cc1. The molecule has 114 valence electrons. The van der Waals surface area contributed by atoms with Crippen LogP contribution in [0, 0.1) is 6.92 Å². The van der Waals surface area contributed by atoms with Crippen molar-refractivity contribution in [3.05, 3.63) is 42.0 Å². The maximum atomic E-state index is 12.0. The van der Waals surface area contributed by atoms with Crippen molar-refractivity contribution in [3.63, 3.8) is 0 Å².